The number of aromatic nitrogens is 1. The second-order valence-corrected chi connectivity index (χ2v) is 4.98. The van der Waals surface area contributed by atoms with Crippen molar-refractivity contribution in [3.8, 4) is 0 Å². The highest BCUT2D eigenvalue weighted by atomic mass is 16.3. The monoisotopic (exact) mass is 217 g/mol. The van der Waals surface area contributed by atoms with Crippen LogP contribution in [0.1, 0.15) is 36.1 Å². The van der Waals surface area contributed by atoms with E-state index in [0.29, 0.717) is 5.92 Å². The van der Waals surface area contributed by atoms with E-state index < -0.39 is 0 Å². The molecule has 0 aliphatic rings. The largest absolute Gasteiger partial charge is 0.443 e. The maximum Gasteiger partial charge on any atom is 0.182 e. The van der Waals surface area contributed by atoms with Crippen molar-refractivity contribution in [1.29, 1.82) is 0 Å². The SMILES string of the molecule is Cc1c(CC(C)C)c(C)c2ncoc2c1C. The highest BCUT2D eigenvalue weighted by molar-refractivity contribution is 5.82. The van der Waals surface area contributed by atoms with Gasteiger partial charge in [-0.05, 0) is 55.4 Å². The van der Waals surface area contributed by atoms with E-state index in [1.807, 2.05) is 0 Å². The van der Waals surface area contributed by atoms with E-state index in [2.05, 4.69) is 39.6 Å². The van der Waals surface area contributed by atoms with Gasteiger partial charge in [0.15, 0.2) is 12.0 Å². The Hall–Kier alpha value is -1.31. The van der Waals surface area contributed by atoms with Gasteiger partial charge in [0.05, 0.1) is 0 Å². The molecule has 0 amide bonds. The minimum absolute atomic E-state index is 0.668. The molecule has 0 spiro atoms. The fourth-order valence-corrected chi connectivity index (χ4v) is 2.31. The summed E-state index contributed by atoms with van der Waals surface area (Å²) < 4.78 is 5.46. The van der Waals surface area contributed by atoms with E-state index in [1.165, 1.54) is 22.3 Å². The van der Waals surface area contributed by atoms with Gasteiger partial charge in [0.1, 0.15) is 5.52 Å². The molecule has 0 saturated carbocycles. The molecular formula is C14H19NO. The molecule has 86 valence electrons. The van der Waals surface area contributed by atoms with Crippen LogP contribution in [0.2, 0.25) is 0 Å². The molecule has 0 aliphatic heterocycles. The lowest BCUT2D eigenvalue weighted by Gasteiger charge is -2.14. The Morgan fingerprint density at radius 1 is 1.12 bits per heavy atom. The molecule has 0 unspecified atom stereocenters. The number of aryl methyl sites for hydroxylation is 2. The lowest BCUT2D eigenvalue weighted by Crippen LogP contribution is -2.02. The molecule has 1 aromatic heterocycles. The van der Waals surface area contributed by atoms with Gasteiger partial charge in [0.2, 0.25) is 0 Å². The van der Waals surface area contributed by atoms with Crippen molar-refractivity contribution < 1.29 is 4.42 Å². The van der Waals surface area contributed by atoms with E-state index in [0.717, 1.165) is 17.5 Å². The van der Waals surface area contributed by atoms with Crippen LogP contribution in [0, 0.1) is 26.7 Å². The van der Waals surface area contributed by atoms with Gasteiger partial charge in [0, 0.05) is 0 Å². The molecule has 0 aliphatic carbocycles. The second-order valence-electron chi connectivity index (χ2n) is 4.98. The highest BCUT2D eigenvalue weighted by Crippen LogP contribution is 2.29. The zero-order valence-corrected chi connectivity index (χ0v) is 10.7. The first-order valence-electron chi connectivity index (χ1n) is 5.84. The van der Waals surface area contributed by atoms with Crippen LogP contribution in [0.3, 0.4) is 0 Å². The number of benzene rings is 1. The summed E-state index contributed by atoms with van der Waals surface area (Å²) in [5, 5.41) is 0. The first-order chi connectivity index (χ1) is 7.52. The molecule has 0 atom stereocenters. The zero-order valence-electron chi connectivity index (χ0n) is 10.7. The van der Waals surface area contributed by atoms with Gasteiger partial charge >= 0.3 is 0 Å². The van der Waals surface area contributed by atoms with E-state index in [1.54, 1.807) is 6.39 Å². The number of hydrogen-bond acceptors (Lipinski definition) is 2. The Labute approximate surface area is 96.7 Å². The molecule has 16 heavy (non-hydrogen) atoms. The molecule has 0 radical (unpaired) electrons. The van der Waals surface area contributed by atoms with Gasteiger partial charge in [-0.2, -0.15) is 0 Å². The molecule has 1 aromatic carbocycles. The molecule has 1 heterocycles. The third-order valence-corrected chi connectivity index (χ3v) is 3.34. The van der Waals surface area contributed by atoms with Crippen LogP contribution in [-0.2, 0) is 6.42 Å². The topological polar surface area (TPSA) is 26.0 Å². The standard InChI is InChI=1S/C14H19NO/c1-8(2)6-12-9(3)10(4)14-13(11(12)5)15-7-16-14/h7-8H,6H2,1-5H3. The fourth-order valence-electron chi connectivity index (χ4n) is 2.31. The van der Waals surface area contributed by atoms with Crippen molar-refractivity contribution in [2.24, 2.45) is 5.92 Å². The normalized spacial score (nSPS) is 11.6. The quantitative estimate of drug-likeness (QED) is 0.761. The number of fused-ring (bicyclic) bond motifs is 1. The Morgan fingerprint density at radius 2 is 1.81 bits per heavy atom. The Balaban J connectivity index is 2.72. The molecule has 0 fully saturated rings. The summed E-state index contributed by atoms with van der Waals surface area (Å²) in [6, 6.07) is 0. The summed E-state index contributed by atoms with van der Waals surface area (Å²) in [4.78, 5) is 4.32. The van der Waals surface area contributed by atoms with Crippen LogP contribution in [0.4, 0.5) is 0 Å². The maximum atomic E-state index is 5.46. The van der Waals surface area contributed by atoms with Crippen LogP contribution < -0.4 is 0 Å². The smallest absolute Gasteiger partial charge is 0.182 e. The number of oxazole rings is 1. The van der Waals surface area contributed by atoms with Gasteiger partial charge < -0.3 is 4.42 Å². The predicted octanol–water partition coefficient (Wildman–Crippen LogP) is 3.95. The molecule has 2 heteroatoms. The summed E-state index contributed by atoms with van der Waals surface area (Å²) in [6.45, 7) is 10.9. The van der Waals surface area contributed by atoms with Crippen molar-refractivity contribution in [3.63, 3.8) is 0 Å². The second kappa shape index (κ2) is 3.93. The Bertz CT molecular complexity index is 523. The van der Waals surface area contributed by atoms with Crippen LogP contribution in [0.5, 0.6) is 0 Å². The first kappa shape index (κ1) is 11.2. The van der Waals surface area contributed by atoms with Crippen molar-refractivity contribution in [2.75, 3.05) is 0 Å². The summed E-state index contributed by atoms with van der Waals surface area (Å²) >= 11 is 0. The highest BCUT2D eigenvalue weighted by Gasteiger charge is 2.15. The lowest BCUT2D eigenvalue weighted by molar-refractivity contribution is 0.598. The third kappa shape index (κ3) is 1.62. The fraction of sp³-hybridized carbons (Fsp3) is 0.500. The zero-order chi connectivity index (χ0) is 11.9. The van der Waals surface area contributed by atoms with Gasteiger partial charge in [-0.15, -0.1) is 0 Å². The summed E-state index contributed by atoms with van der Waals surface area (Å²) in [5.74, 6) is 0.668. The van der Waals surface area contributed by atoms with Gasteiger partial charge in [-0.25, -0.2) is 4.98 Å². The number of rotatable bonds is 2. The van der Waals surface area contributed by atoms with Gasteiger partial charge in [0.25, 0.3) is 0 Å². The van der Waals surface area contributed by atoms with E-state index in [-0.39, 0.29) is 0 Å². The molecule has 0 bridgehead atoms. The molecule has 2 rings (SSSR count). The van der Waals surface area contributed by atoms with Crippen molar-refractivity contribution in [2.45, 2.75) is 41.0 Å². The summed E-state index contributed by atoms with van der Waals surface area (Å²) in [5.41, 5.74) is 7.28. The lowest BCUT2D eigenvalue weighted by atomic mass is 9.91. The van der Waals surface area contributed by atoms with Crippen LogP contribution in [0.25, 0.3) is 11.1 Å². The predicted molar refractivity (Wildman–Crippen MR) is 66.8 cm³/mol. The molecule has 0 N–H and O–H groups in total. The van der Waals surface area contributed by atoms with Crippen molar-refractivity contribution in [3.05, 3.63) is 28.6 Å². The third-order valence-electron chi connectivity index (χ3n) is 3.34. The minimum Gasteiger partial charge on any atom is -0.443 e. The number of hydrogen-bond donors (Lipinski definition) is 0. The molecule has 2 nitrogen and oxygen atoms in total. The van der Waals surface area contributed by atoms with E-state index in [4.69, 9.17) is 4.42 Å². The van der Waals surface area contributed by atoms with Crippen LogP contribution >= 0.6 is 0 Å². The average Bonchev–Trinajstić information content (AvgIpc) is 2.70. The van der Waals surface area contributed by atoms with E-state index in [9.17, 15) is 0 Å². The van der Waals surface area contributed by atoms with E-state index >= 15 is 0 Å². The first-order valence-corrected chi connectivity index (χ1v) is 5.84. The average molecular weight is 217 g/mol. The maximum absolute atomic E-state index is 5.46. The summed E-state index contributed by atoms with van der Waals surface area (Å²) in [7, 11) is 0. The Kier molecular flexibility index (Phi) is 2.75. The van der Waals surface area contributed by atoms with Gasteiger partial charge in [-0.3, -0.25) is 0 Å². The minimum atomic E-state index is 0.668. The van der Waals surface area contributed by atoms with Crippen LogP contribution in [0.15, 0.2) is 10.8 Å². The van der Waals surface area contributed by atoms with Crippen molar-refractivity contribution >= 4 is 11.1 Å². The van der Waals surface area contributed by atoms with Crippen LogP contribution in [-0.4, -0.2) is 4.98 Å². The van der Waals surface area contributed by atoms with Gasteiger partial charge in [-0.1, -0.05) is 13.8 Å². The Morgan fingerprint density at radius 3 is 2.44 bits per heavy atom. The molecule has 2 aromatic rings. The summed E-state index contributed by atoms with van der Waals surface area (Å²) in [6.07, 6.45) is 2.66. The molecule has 0 saturated heterocycles. The van der Waals surface area contributed by atoms with Crippen molar-refractivity contribution in [1.82, 2.24) is 4.98 Å². The number of nitrogens with zero attached hydrogens (tertiary/aromatic N) is 1. The molecular weight excluding hydrogens is 198 g/mol.